The number of carboxylic acid groups (broad SMARTS) is 2. The van der Waals surface area contributed by atoms with E-state index in [-0.39, 0.29) is 28.2 Å². The summed E-state index contributed by atoms with van der Waals surface area (Å²) in [5.74, 6) is 5.57. The number of pyridine rings is 6. The van der Waals surface area contributed by atoms with E-state index in [1.807, 2.05) is 84.9 Å². The predicted molar refractivity (Wildman–Crippen MR) is 352 cm³/mol. The number of halogens is 1. The second-order valence-electron chi connectivity index (χ2n) is 22.7. The van der Waals surface area contributed by atoms with E-state index in [1.54, 1.807) is 107 Å². The third-order valence-corrected chi connectivity index (χ3v) is 15.2. The lowest BCUT2D eigenvalue weighted by molar-refractivity contribution is 0.00578. The average Bonchev–Trinajstić information content (AvgIpc) is 1.69. The number of aryl methyl sites for hydroxylation is 6. The maximum atomic E-state index is 12.5. The molecule has 10 heterocycles. The molecule has 8 N–H and O–H groups in total. The van der Waals surface area contributed by atoms with Gasteiger partial charge in [-0.3, -0.25) is 19.7 Å². The van der Waals surface area contributed by atoms with E-state index in [0.29, 0.717) is 85.3 Å². The lowest BCUT2D eigenvalue weighted by Gasteiger charge is -2.32. The summed E-state index contributed by atoms with van der Waals surface area (Å²) in [5, 5.41) is 30.3. The minimum absolute atomic E-state index is 0.0670. The van der Waals surface area contributed by atoms with Crippen LogP contribution in [-0.2, 0) is 9.31 Å². The van der Waals surface area contributed by atoms with E-state index in [9.17, 15) is 19.5 Å². The van der Waals surface area contributed by atoms with Crippen LogP contribution in [0.3, 0.4) is 0 Å². The highest BCUT2D eigenvalue weighted by Crippen LogP contribution is 2.37. The fourth-order valence-corrected chi connectivity index (χ4v) is 8.86. The Kier molecular flexibility index (Phi) is 22.7. The van der Waals surface area contributed by atoms with Crippen LogP contribution in [0, 0.1) is 53.4 Å². The summed E-state index contributed by atoms with van der Waals surface area (Å²) in [7, 11) is -0.407. The molecular formula is C65H73BBrN17O7. The van der Waals surface area contributed by atoms with Crippen LogP contribution in [0.2, 0.25) is 0 Å². The molecule has 0 unspecified atom stereocenters. The number of nitrogens with one attached hydrogen (secondary N) is 4. The van der Waals surface area contributed by atoms with Gasteiger partial charge < -0.3 is 46.5 Å². The fourth-order valence-electron chi connectivity index (χ4n) is 8.53. The van der Waals surface area contributed by atoms with Gasteiger partial charge >= 0.3 is 19.1 Å². The van der Waals surface area contributed by atoms with Crippen LogP contribution in [0.5, 0.6) is 0 Å². The molecule has 12 rings (SSSR count). The highest BCUT2D eigenvalue weighted by atomic mass is 79.9. The monoisotopic (exact) mass is 1290 g/mol. The topological polar surface area (TPSA) is 339 Å². The van der Waals surface area contributed by atoms with Crippen molar-refractivity contribution in [3.8, 4) is 22.3 Å². The number of carbonyl (C=O) groups excluding carboxylic acids is 1. The SMILES string of the molecule is Cc1ncc(Br)cc1C(=O)O.Cc1nccc(Nc2cc(-c3cnc(C)c(C(=O)NCC4CC4)c3)ccn2)n1.Cc1nccc(Nc2cc(-c3cnc(C)c(C(=O)O)c3)ccn2)n1.Cc1nccc(Nc2cc(B3OC(C)(C)C(C)(C)O3)ccn2)n1.NCC1CC1. The molecular weight excluding hydrogens is 1220 g/mol. The summed E-state index contributed by atoms with van der Waals surface area (Å²) in [6.45, 7) is 20.5. The molecule has 470 valence electrons. The lowest BCUT2D eigenvalue weighted by Crippen LogP contribution is -2.41. The van der Waals surface area contributed by atoms with E-state index in [1.165, 1.54) is 31.7 Å². The van der Waals surface area contributed by atoms with Crippen LogP contribution in [0.25, 0.3) is 22.3 Å². The van der Waals surface area contributed by atoms with E-state index in [4.69, 9.17) is 20.1 Å². The molecule has 3 aliphatic rings. The van der Waals surface area contributed by atoms with Crippen LogP contribution in [0.15, 0.2) is 133 Å². The van der Waals surface area contributed by atoms with E-state index >= 15 is 0 Å². The van der Waals surface area contributed by atoms with Gasteiger partial charge in [0.2, 0.25) is 0 Å². The van der Waals surface area contributed by atoms with Crippen molar-refractivity contribution in [2.24, 2.45) is 17.6 Å². The minimum atomic E-state index is -0.995. The van der Waals surface area contributed by atoms with Gasteiger partial charge in [-0.25, -0.2) is 54.4 Å². The summed E-state index contributed by atoms with van der Waals surface area (Å²) < 4.78 is 12.8. The second-order valence-corrected chi connectivity index (χ2v) is 23.6. The number of rotatable bonds is 15. The summed E-state index contributed by atoms with van der Waals surface area (Å²) in [6.07, 6.45) is 20.4. The number of anilines is 6. The number of amides is 1. The molecule has 0 spiro atoms. The van der Waals surface area contributed by atoms with Crippen LogP contribution >= 0.6 is 15.9 Å². The molecule has 1 aliphatic heterocycles. The standard InChI is InChI=1S/C21H22N6O.C17H15N5O2.C16H21BN4O2.C7H6BrNO2.C4H9N/c1-13-18(21(28)25-11-15-3-4-15)9-17(12-24-13)16-5-7-23-20(10-16)27-19-6-8-22-14(2)26-19;1-10-14(17(23)24)7-13(9-20-10)12-3-5-19-16(8-12)22-15-4-6-18-11(2)21-15;1-11-18-9-7-13(20-11)21-14-10-12(6-8-19-14)17-22-15(2,3)16(4,5)23-17;1-4-6(7(10)11)2-5(8)3-9-4;5-3-4-1-2-4/h5-10,12,15H,3-4,11H2,1-2H3,(H,25,28)(H,22,23,26,27);3-9H,1-2H3,(H,23,24)(H,18,19,21,22);6-10H,1-5H3,(H,18,19,20,21);2-3H,1H3,(H,10,11);4H,1-3,5H2. The quantitative estimate of drug-likeness (QED) is 0.0469. The van der Waals surface area contributed by atoms with Gasteiger partial charge in [0.25, 0.3) is 5.91 Å². The van der Waals surface area contributed by atoms with Crippen molar-refractivity contribution in [3.63, 3.8) is 0 Å². The zero-order chi connectivity index (χ0) is 65.4. The number of aromatic nitrogens is 12. The first-order chi connectivity index (χ1) is 43.4. The normalized spacial score (nSPS) is 14.0. The Balaban J connectivity index is 0.000000157. The van der Waals surface area contributed by atoms with E-state index < -0.39 is 19.1 Å². The summed E-state index contributed by atoms with van der Waals surface area (Å²) >= 11 is 3.14. The van der Waals surface area contributed by atoms with Crippen molar-refractivity contribution in [2.45, 2.75) is 106 Å². The largest absolute Gasteiger partial charge is 0.495 e. The van der Waals surface area contributed by atoms with E-state index in [2.05, 4.69) is 97.0 Å². The van der Waals surface area contributed by atoms with Crippen LogP contribution in [0.1, 0.15) is 119 Å². The third-order valence-electron chi connectivity index (χ3n) is 14.8. The first kappa shape index (κ1) is 67.3. The van der Waals surface area contributed by atoms with Crippen LogP contribution in [-0.4, -0.2) is 119 Å². The number of carboxylic acids is 2. The molecule has 0 aromatic carbocycles. The molecule has 0 atom stereocenters. The number of carbonyl (C=O) groups is 3. The molecule has 2 aliphatic carbocycles. The lowest BCUT2D eigenvalue weighted by atomic mass is 9.80. The first-order valence-corrected chi connectivity index (χ1v) is 30.2. The third kappa shape index (κ3) is 19.9. The zero-order valence-electron chi connectivity index (χ0n) is 52.4. The summed E-state index contributed by atoms with van der Waals surface area (Å²) in [6, 6.07) is 21.6. The Morgan fingerprint density at radius 2 is 0.901 bits per heavy atom. The van der Waals surface area contributed by atoms with Crippen LogP contribution < -0.4 is 32.5 Å². The van der Waals surface area contributed by atoms with Gasteiger partial charge in [0.15, 0.2) is 0 Å². The molecule has 0 bridgehead atoms. The number of aromatic carboxylic acids is 2. The van der Waals surface area contributed by atoms with Crippen molar-refractivity contribution >= 4 is 81.3 Å². The van der Waals surface area contributed by atoms with E-state index in [0.717, 1.165) is 46.9 Å². The zero-order valence-corrected chi connectivity index (χ0v) is 53.9. The van der Waals surface area contributed by atoms with Gasteiger partial charge in [0.1, 0.15) is 52.4 Å². The fraction of sp³-hybridized carbons (Fsp3) is 0.308. The van der Waals surface area contributed by atoms with Crippen LogP contribution in [0.4, 0.5) is 34.9 Å². The Morgan fingerprint density at radius 3 is 1.31 bits per heavy atom. The Bertz CT molecular complexity index is 4010. The van der Waals surface area contributed by atoms with Gasteiger partial charge in [-0.2, -0.15) is 0 Å². The van der Waals surface area contributed by atoms with Gasteiger partial charge in [-0.1, -0.05) is 0 Å². The Morgan fingerprint density at radius 1 is 0.505 bits per heavy atom. The Labute approximate surface area is 537 Å². The number of nitrogens with two attached hydrogens (primary N) is 1. The average molecular weight is 1300 g/mol. The molecule has 2 saturated carbocycles. The van der Waals surface area contributed by atoms with Crippen molar-refractivity contribution in [1.82, 2.24) is 65.1 Å². The second kappa shape index (κ2) is 30.7. The molecule has 9 aromatic heterocycles. The van der Waals surface area contributed by atoms with Crippen molar-refractivity contribution in [2.75, 3.05) is 29.0 Å². The maximum Gasteiger partial charge on any atom is 0.495 e. The first-order valence-electron chi connectivity index (χ1n) is 29.4. The van der Waals surface area contributed by atoms with Crippen molar-refractivity contribution in [1.29, 1.82) is 0 Å². The highest BCUT2D eigenvalue weighted by molar-refractivity contribution is 9.10. The van der Waals surface area contributed by atoms with Crippen molar-refractivity contribution < 1.29 is 33.9 Å². The molecule has 26 heteroatoms. The molecule has 1 saturated heterocycles. The van der Waals surface area contributed by atoms with Gasteiger partial charge in [-0.05, 0) is 219 Å². The molecule has 91 heavy (non-hydrogen) atoms. The maximum absolute atomic E-state index is 12.5. The van der Waals surface area contributed by atoms with Gasteiger partial charge in [-0.15, -0.1) is 0 Å². The van der Waals surface area contributed by atoms with Gasteiger partial charge in [0, 0.05) is 77.9 Å². The van der Waals surface area contributed by atoms with Crippen molar-refractivity contribution in [3.05, 3.63) is 184 Å². The number of nitrogens with zero attached hydrogens (tertiary/aromatic N) is 12. The Hall–Kier alpha value is -9.63. The number of hydrogen-bond donors (Lipinski definition) is 7. The summed E-state index contributed by atoms with van der Waals surface area (Å²) in [5.41, 5.74) is 11.5. The van der Waals surface area contributed by atoms with Gasteiger partial charge in [0.05, 0.1) is 45.0 Å². The molecule has 24 nitrogen and oxygen atoms in total. The molecule has 3 fully saturated rings. The predicted octanol–water partition coefficient (Wildman–Crippen LogP) is 10.9. The minimum Gasteiger partial charge on any atom is -0.478 e. The highest BCUT2D eigenvalue weighted by Gasteiger charge is 2.51. The molecule has 1 amide bonds. The summed E-state index contributed by atoms with van der Waals surface area (Å²) in [4.78, 5) is 84.8. The number of hydrogen-bond acceptors (Lipinski definition) is 21. The molecule has 0 radical (unpaired) electrons. The molecule has 9 aromatic rings. The smallest absolute Gasteiger partial charge is 0.478 e.